The SMILES string of the molecule is CCCOc1c(OC)cccc1C1C(C(=O)OCC)=C(C)N=C2SCC(=O)N21. The zero-order chi connectivity index (χ0) is 20.3. The van der Waals surface area contributed by atoms with Gasteiger partial charge in [-0.15, -0.1) is 0 Å². The number of para-hydroxylation sites is 1. The maximum Gasteiger partial charge on any atom is 0.338 e. The van der Waals surface area contributed by atoms with Crippen molar-refractivity contribution in [3.8, 4) is 11.5 Å². The summed E-state index contributed by atoms with van der Waals surface area (Å²) >= 11 is 1.37. The van der Waals surface area contributed by atoms with Crippen molar-refractivity contribution in [1.82, 2.24) is 4.90 Å². The van der Waals surface area contributed by atoms with Crippen molar-refractivity contribution in [1.29, 1.82) is 0 Å². The number of benzene rings is 1. The predicted molar refractivity (Wildman–Crippen MR) is 108 cm³/mol. The van der Waals surface area contributed by atoms with Gasteiger partial charge in [0.25, 0.3) is 0 Å². The first kappa shape index (κ1) is 20.3. The Kier molecular flexibility index (Phi) is 6.28. The van der Waals surface area contributed by atoms with Crippen molar-refractivity contribution in [2.45, 2.75) is 33.2 Å². The van der Waals surface area contributed by atoms with Crippen molar-refractivity contribution >= 4 is 28.8 Å². The fourth-order valence-electron chi connectivity index (χ4n) is 3.27. The van der Waals surface area contributed by atoms with E-state index in [4.69, 9.17) is 14.2 Å². The third kappa shape index (κ3) is 3.61. The lowest BCUT2D eigenvalue weighted by molar-refractivity contribution is -0.139. The molecule has 1 fully saturated rings. The molecule has 1 saturated heterocycles. The largest absolute Gasteiger partial charge is 0.493 e. The summed E-state index contributed by atoms with van der Waals surface area (Å²) in [4.78, 5) is 31.5. The molecule has 0 spiro atoms. The monoisotopic (exact) mass is 404 g/mol. The number of carbonyl (C=O) groups is 2. The second-order valence-corrected chi connectivity index (χ2v) is 7.24. The first-order valence-electron chi connectivity index (χ1n) is 9.24. The summed E-state index contributed by atoms with van der Waals surface area (Å²) in [7, 11) is 1.57. The van der Waals surface area contributed by atoms with Gasteiger partial charge in [0.15, 0.2) is 16.7 Å². The number of nitrogens with zero attached hydrogens (tertiary/aromatic N) is 2. The van der Waals surface area contributed by atoms with E-state index >= 15 is 0 Å². The summed E-state index contributed by atoms with van der Waals surface area (Å²) in [6, 6.07) is 4.80. The molecule has 1 amide bonds. The Hall–Kier alpha value is -2.48. The van der Waals surface area contributed by atoms with Crippen LogP contribution in [0, 0.1) is 0 Å². The first-order valence-corrected chi connectivity index (χ1v) is 10.2. The van der Waals surface area contributed by atoms with Crippen molar-refractivity contribution in [2.24, 2.45) is 4.99 Å². The van der Waals surface area contributed by atoms with Crippen LogP contribution in [-0.4, -0.2) is 48.0 Å². The summed E-state index contributed by atoms with van der Waals surface area (Å²) in [5.41, 5.74) is 1.57. The van der Waals surface area contributed by atoms with Gasteiger partial charge in [0, 0.05) is 5.56 Å². The van der Waals surface area contributed by atoms with Gasteiger partial charge in [0.2, 0.25) is 5.91 Å². The van der Waals surface area contributed by atoms with Gasteiger partial charge >= 0.3 is 5.97 Å². The highest BCUT2D eigenvalue weighted by Crippen LogP contribution is 2.46. The molecule has 2 aliphatic rings. The molecule has 2 heterocycles. The van der Waals surface area contributed by atoms with E-state index in [0.717, 1.165) is 6.42 Å². The van der Waals surface area contributed by atoms with E-state index in [1.165, 1.54) is 11.8 Å². The van der Waals surface area contributed by atoms with Crippen LogP contribution in [-0.2, 0) is 14.3 Å². The molecule has 3 rings (SSSR count). The van der Waals surface area contributed by atoms with E-state index in [2.05, 4.69) is 4.99 Å². The van der Waals surface area contributed by atoms with Gasteiger partial charge in [0.05, 0.1) is 37.3 Å². The minimum Gasteiger partial charge on any atom is -0.493 e. The Morgan fingerprint density at radius 1 is 1.36 bits per heavy atom. The Labute approximate surface area is 168 Å². The highest BCUT2D eigenvalue weighted by Gasteiger charge is 2.44. The number of aliphatic imine (C=N–C) groups is 1. The van der Waals surface area contributed by atoms with Gasteiger partial charge in [-0.1, -0.05) is 30.8 Å². The summed E-state index contributed by atoms with van der Waals surface area (Å²) in [5.74, 6) is 0.773. The maximum absolute atomic E-state index is 12.8. The molecule has 1 aromatic carbocycles. The minimum absolute atomic E-state index is 0.104. The summed E-state index contributed by atoms with van der Waals surface area (Å²) in [5, 5.41) is 0.588. The van der Waals surface area contributed by atoms with E-state index in [1.807, 2.05) is 19.1 Å². The topological polar surface area (TPSA) is 77.4 Å². The molecular formula is C20H24N2O5S. The summed E-state index contributed by atoms with van der Waals surface area (Å²) in [6.07, 6.45) is 0.812. The van der Waals surface area contributed by atoms with Gasteiger partial charge < -0.3 is 14.2 Å². The van der Waals surface area contributed by atoms with Gasteiger partial charge in [-0.3, -0.25) is 9.69 Å². The van der Waals surface area contributed by atoms with E-state index in [-0.39, 0.29) is 18.3 Å². The van der Waals surface area contributed by atoms with E-state index < -0.39 is 12.0 Å². The Bertz CT molecular complexity index is 849. The van der Waals surface area contributed by atoms with E-state index in [0.29, 0.717) is 40.1 Å². The lowest BCUT2D eigenvalue weighted by Crippen LogP contribution is -2.39. The average molecular weight is 404 g/mol. The fourth-order valence-corrected chi connectivity index (χ4v) is 4.21. The van der Waals surface area contributed by atoms with Gasteiger partial charge in [0.1, 0.15) is 6.04 Å². The molecule has 150 valence electrons. The zero-order valence-electron chi connectivity index (χ0n) is 16.5. The molecule has 0 bridgehead atoms. The van der Waals surface area contributed by atoms with Crippen LogP contribution in [0.1, 0.15) is 38.8 Å². The first-order chi connectivity index (χ1) is 13.5. The van der Waals surface area contributed by atoms with Gasteiger partial charge in [-0.2, -0.15) is 0 Å². The molecule has 0 radical (unpaired) electrons. The minimum atomic E-state index is -0.670. The van der Waals surface area contributed by atoms with Crippen LogP contribution in [0.25, 0.3) is 0 Å². The molecule has 7 nitrogen and oxygen atoms in total. The lowest BCUT2D eigenvalue weighted by Gasteiger charge is -2.34. The Morgan fingerprint density at radius 2 is 2.14 bits per heavy atom. The molecule has 1 atom stereocenters. The second-order valence-electron chi connectivity index (χ2n) is 6.30. The lowest BCUT2D eigenvalue weighted by atomic mass is 9.93. The number of hydrogen-bond donors (Lipinski definition) is 0. The average Bonchev–Trinajstić information content (AvgIpc) is 3.05. The Morgan fingerprint density at radius 3 is 2.82 bits per heavy atom. The normalized spacial score (nSPS) is 18.7. The third-order valence-corrected chi connectivity index (χ3v) is 5.39. The van der Waals surface area contributed by atoms with Crippen LogP contribution in [0.4, 0.5) is 0 Å². The number of amidine groups is 1. The standard InChI is InChI=1S/C20H24N2O5S/c1-5-10-27-18-13(8-7-9-14(18)25-4)17-16(19(24)26-6-2)12(3)21-20-22(17)15(23)11-28-20/h7-9,17H,5-6,10-11H2,1-4H3. The highest BCUT2D eigenvalue weighted by molar-refractivity contribution is 8.15. The van der Waals surface area contributed by atoms with Crippen molar-refractivity contribution in [2.75, 3.05) is 26.1 Å². The second kappa shape index (κ2) is 8.68. The number of rotatable bonds is 7. The molecule has 0 saturated carbocycles. The van der Waals surface area contributed by atoms with Crippen LogP contribution in [0.3, 0.4) is 0 Å². The number of ether oxygens (including phenoxy) is 3. The maximum atomic E-state index is 12.8. The van der Waals surface area contributed by atoms with Crippen LogP contribution in [0.2, 0.25) is 0 Å². The smallest absolute Gasteiger partial charge is 0.338 e. The van der Waals surface area contributed by atoms with Crippen molar-refractivity contribution in [3.63, 3.8) is 0 Å². The number of methoxy groups -OCH3 is 1. The molecule has 0 aromatic heterocycles. The predicted octanol–water partition coefficient (Wildman–Crippen LogP) is 3.31. The quantitative estimate of drug-likeness (QED) is 0.649. The number of thioether (sulfide) groups is 1. The van der Waals surface area contributed by atoms with Gasteiger partial charge in [-0.25, -0.2) is 9.79 Å². The van der Waals surface area contributed by atoms with Crippen molar-refractivity contribution < 1.29 is 23.8 Å². The van der Waals surface area contributed by atoms with Crippen LogP contribution in [0.15, 0.2) is 34.5 Å². The van der Waals surface area contributed by atoms with E-state index in [1.54, 1.807) is 31.9 Å². The number of hydrogen-bond acceptors (Lipinski definition) is 7. The summed E-state index contributed by atoms with van der Waals surface area (Å²) < 4.78 is 16.8. The van der Waals surface area contributed by atoms with Crippen LogP contribution >= 0.6 is 11.8 Å². The van der Waals surface area contributed by atoms with Crippen LogP contribution < -0.4 is 9.47 Å². The molecular weight excluding hydrogens is 380 g/mol. The number of amides is 1. The van der Waals surface area contributed by atoms with Crippen molar-refractivity contribution in [3.05, 3.63) is 35.0 Å². The number of carbonyl (C=O) groups excluding carboxylic acids is 2. The van der Waals surface area contributed by atoms with Gasteiger partial charge in [-0.05, 0) is 26.3 Å². The summed E-state index contributed by atoms with van der Waals surface area (Å²) in [6.45, 7) is 6.24. The number of allylic oxidation sites excluding steroid dienone is 1. The molecule has 2 aliphatic heterocycles. The number of esters is 1. The molecule has 0 aliphatic carbocycles. The van der Waals surface area contributed by atoms with Crippen LogP contribution in [0.5, 0.6) is 11.5 Å². The fraction of sp³-hybridized carbons (Fsp3) is 0.450. The third-order valence-electron chi connectivity index (χ3n) is 4.45. The molecule has 0 N–H and O–H groups in total. The Balaban J connectivity index is 2.19. The molecule has 1 unspecified atom stereocenters. The van der Waals surface area contributed by atoms with E-state index in [9.17, 15) is 9.59 Å². The highest BCUT2D eigenvalue weighted by atomic mass is 32.2. The molecule has 28 heavy (non-hydrogen) atoms. The zero-order valence-corrected chi connectivity index (χ0v) is 17.3. The molecule has 8 heteroatoms. The number of fused-ring (bicyclic) bond motifs is 1. The molecule has 1 aromatic rings.